The molecule has 0 aliphatic rings. The van der Waals surface area contributed by atoms with E-state index >= 15 is 0 Å². The van der Waals surface area contributed by atoms with Gasteiger partial charge < -0.3 is 138 Å². The highest BCUT2D eigenvalue weighted by Gasteiger charge is 2.35. The quantitative estimate of drug-likeness (QED) is 0.0252. The number of rotatable bonds is 60. The standard InChI is InChI=1S/C49H98N2O29/c1-36(55)2-6-69-10-14-73-18-22-77-26-29-80-25-21-76-17-13-72-9-5-51(32-39(58)46(65)49(68)42(61)35-54)43(62)3-7-70-11-15-74-19-23-78-27-28-79-24-20-75-16-12-71-8-4-50(30-37(56)44(63)47(66)40(59)33-52)31-38(57)45(64)48(67)41(60)34-53/h37-42,44-49,52-54,56-61,63-68H,2-35H2,1H3/t37-,38-,39-,40+,41+,42+,44+,45+,46+,47+,48+,49+/m0/s1. The molecule has 12 atom stereocenters. The van der Waals surface area contributed by atoms with Crippen molar-refractivity contribution in [2.24, 2.45) is 0 Å². The molecule has 0 aromatic rings. The summed E-state index contributed by atoms with van der Waals surface area (Å²) < 4.78 is 65.6. The number of hydrogen-bond acceptors (Lipinski definition) is 30. The number of ether oxygens (including phenoxy) is 12. The maximum absolute atomic E-state index is 13.1. The molecule has 0 aliphatic heterocycles. The molecule has 0 unspecified atom stereocenters. The molecule has 0 radical (unpaired) electrons. The van der Waals surface area contributed by atoms with Crippen molar-refractivity contribution >= 4 is 11.7 Å². The molecule has 1 amide bonds. The van der Waals surface area contributed by atoms with Crippen LogP contribution in [0.25, 0.3) is 0 Å². The monoisotopic (exact) mass is 1180 g/mol. The molecule has 80 heavy (non-hydrogen) atoms. The van der Waals surface area contributed by atoms with Crippen LogP contribution in [-0.2, 0) is 66.4 Å². The van der Waals surface area contributed by atoms with Gasteiger partial charge in [-0.05, 0) is 6.92 Å². The molecule has 0 bridgehead atoms. The third-order valence-corrected chi connectivity index (χ3v) is 11.5. The van der Waals surface area contributed by atoms with Crippen LogP contribution in [0.1, 0.15) is 19.8 Å². The molecule has 0 aromatic heterocycles. The number of hydrogen-bond donors (Lipinski definition) is 15. The van der Waals surface area contributed by atoms with E-state index in [9.17, 15) is 70.9 Å². The van der Waals surface area contributed by atoms with Gasteiger partial charge in [0, 0.05) is 39.1 Å². The Hall–Kier alpha value is -1.98. The molecule has 0 saturated heterocycles. The zero-order valence-corrected chi connectivity index (χ0v) is 46.3. The third kappa shape index (κ3) is 41.1. The Labute approximate surface area is 467 Å². The molecule has 0 aromatic carbocycles. The van der Waals surface area contributed by atoms with Gasteiger partial charge >= 0.3 is 0 Å². The van der Waals surface area contributed by atoms with E-state index in [0.717, 1.165) is 0 Å². The number of amides is 1. The average Bonchev–Trinajstić information content (AvgIpc) is 3.45. The van der Waals surface area contributed by atoms with Crippen LogP contribution >= 0.6 is 0 Å². The lowest BCUT2D eigenvalue weighted by Gasteiger charge is -2.33. The summed E-state index contributed by atoms with van der Waals surface area (Å²) in [4.78, 5) is 26.5. The second kappa shape index (κ2) is 52.6. The second-order valence-corrected chi connectivity index (χ2v) is 18.0. The lowest BCUT2D eigenvalue weighted by molar-refractivity contribution is -0.141. The molecule has 15 N–H and O–H groups in total. The Bertz CT molecular complexity index is 1380. The number of aliphatic hydroxyl groups is 15. The summed E-state index contributed by atoms with van der Waals surface area (Å²) in [7, 11) is 0. The van der Waals surface area contributed by atoms with E-state index in [-0.39, 0.29) is 124 Å². The maximum atomic E-state index is 13.1. The van der Waals surface area contributed by atoms with Crippen molar-refractivity contribution in [3.8, 4) is 0 Å². The van der Waals surface area contributed by atoms with Crippen molar-refractivity contribution in [1.82, 2.24) is 9.80 Å². The van der Waals surface area contributed by atoms with Gasteiger partial charge in [0.15, 0.2) is 0 Å². The fourth-order valence-corrected chi connectivity index (χ4v) is 6.65. The number of carbonyl (C=O) groups is 2. The third-order valence-electron chi connectivity index (χ3n) is 11.5. The average molecular weight is 1180 g/mol. The largest absolute Gasteiger partial charge is 0.394 e. The molecule has 0 aliphatic carbocycles. The van der Waals surface area contributed by atoms with Gasteiger partial charge in [-0.25, -0.2) is 0 Å². The highest BCUT2D eigenvalue weighted by atomic mass is 16.6. The highest BCUT2D eigenvalue weighted by Crippen LogP contribution is 2.12. The van der Waals surface area contributed by atoms with Crippen molar-refractivity contribution < 1.29 is 143 Å². The van der Waals surface area contributed by atoms with Crippen molar-refractivity contribution in [3.05, 3.63) is 0 Å². The first-order chi connectivity index (χ1) is 38.4. The van der Waals surface area contributed by atoms with Crippen LogP contribution in [0.2, 0.25) is 0 Å². The minimum atomic E-state index is -1.91. The van der Waals surface area contributed by atoms with Crippen LogP contribution in [0.3, 0.4) is 0 Å². The van der Waals surface area contributed by atoms with Crippen LogP contribution in [0, 0.1) is 0 Å². The second-order valence-electron chi connectivity index (χ2n) is 18.0. The van der Waals surface area contributed by atoms with Gasteiger partial charge in [-0.15, -0.1) is 0 Å². The van der Waals surface area contributed by atoms with E-state index in [1.165, 1.54) is 16.7 Å². The summed E-state index contributed by atoms with van der Waals surface area (Å²) in [5, 5.41) is 148. The van der Waals surface area contributed by atoms with Gasteiger partial charge in [-0.1, -0.05) is 0 Å². The first kappa shape index (κ1) is 78.0. The molecular weight excluding hydrogens is 1080 g/mol. The Kier molecular flexibility index (Phi) is 51.3. The van der Waals surface area contributed by atoms with Gasteiger partial charge in [0.05, 0.1) is 197 Å². The topological polar surface area (TPSA) is 455 Å². The van der Waals surface area contributed by atoms with E-state index in [2.05, 4.69) is 0 Å². The lowest BCUT2D eigenvalue weighted by Crippen LogP contribution is -2.53. The molecular formula is C49H98N2O29. The summed E-state index contributed by atoms with van der Waals surface area (Å²) in [6, 6.07) is 0. The van der Waals surface area contributed by atoms with Crippen LogP contribution in [0.15, 0.2) is 0 Å². The number of nitrogens with zero attached hydrogens (tertiary/aromatic N) is 2. The maximum Gasteiger partial charge on any atom is 0.225 e. The predicted octanol–water partition coefficient (Wildman–Crippen LogP) is -9.01. The minimum absolute atomic E-state index is 0.00358. The van der Waals surface area contributed by atoms with Crippen molar-refractivity contribution in [3.63, 3.8) is 0 Å². The first-order valence-corrected chi connectivity index (χ1v) is 26.8. The Morgan fingerprint density at radius 3 is 0.800 bits per heavy atom. The van der Waals surface area contributed by atoms with Crippen LogP contribution in [0.4, 0.5) is 0 Å². The Morgan fingerprint density at radius 2 is 0.525 bits per heavy atom. The van der Waals surface area contributed by atoms with Crippen LogP contribution < -0.4 is 0 Å². The predicted molar refractivity (Wildman–Crippen MR) is 276 cm³/mol. The molecule has 0 heterocycles. The number of ketones is 1. The number of aliphatic hydroxyl groups excluding tert-OH is 15. The van der Waals surface area contributed by atoms with Gasteiger partial charge in [-0.2, -0.15) is 0 Å². The van der Waals surface area contributed by atoms with Crippen molar-refractivity contribution in [2.75, 3.05) is 211 Å². The fourth-order valence-electron chi connectivity index (χ4n) is 6.65. The van der Waals surface area contributed by atoms with Gasteiger partial charge in [0.25, 0.3) is 0 Å². The SMILES string of the molecule is CC(=O)CCOCCOCCOCCOCCOCCOCCN(C[C@H](O)[C@@H](O)[C@H](O)[C@H](O)CO)C(=O)CCOCCOCCOCCOCCOCCOCCN(C[C@H](O)[C@@H](O)[C@H](O)[C@H](O)CO)C[C@H](O)[C@@H](O)[C@H](O)[C@H](O)CO. The molecule has 31 nitrogen and oxygen atoms in total. The Balaban J connectivity index is 4.31. The van der Waals surface area contributed by atoms with Crippen molar-refractivity contribution in [1.29, 1.82) is 0 Å². The number of carbonyl (C=O) groups excluding carboxylic acids is 2. The zero-order chi connectivity index (χ0) is 59.8. The van der Waals surface area contributed by atoms with Gasteiger partial charge in [0.1, 0.15) is 66.8 Å². The van der Waals surface area contributed by atoms with E-state index < -0.39 is 119 Å². The zero-order valence-electron chi connectivity index (χ0n) is 46.3. The van der Waals surface area contributed by atoms with Gasteiger partial charge in [-0.3, -0.25) is 14.5 Å². The summed E-state index contributed by atoms with van der Waals surface area (Å²) in [5.74, 6) is -0.374. The Morgan fingerprint density at radius 1 is 0.300 bits per heavy atom. The lowest BCUT2D eigenvalue weighted by atomic mass is 10.0. The molecule has 478 valence electrons. The summed E-state index contributed by atoms with van der Waals surface area (Å²) in [5.41, 5.74) is 0. The summed E-state index contributed by atoms with van der Waals surface area (Å²) >= 11 is 0. The molecule has 0 rings (SSSR count). The minimum Gasteiger partial charge on any atom is -0.394 e. The van der Waals surface area contributed by atoms with E-state index in [1.54, 1.807) is 0 Å². The van der Waals surface area contributed by atoms with Crippen molar-refractivity contribution in [2.45, 2.75) is 93.0 Å². The normalized spacial score (nSPS) is 16.7. The molecule has 31 heteroatoms. The van der Waals surface area contributed by atoms with Crippen LogP contribution in [0.5, 0.6) is 0 Å². The van der Waals surface area contributed by atoms with Crippen LogP contribution in [-0.4, -0.2) is 382 Å². The highest BCUT2D eigenvalue weighted by molar-refractivity contribution is 5.76. The van der Waals surface area contributed by atoms with E-state index in [0.29, 0.717) is 65.9 Å². The molecule has 0 fully saturated rings. The molecule has 0 saturated carbocycles. The summed E-state index contributed by atoms with van der Waals surface area (Å²) in [6.07, 6.45) is -21.4. The van der Waals surface area contributed by atoms with E-state index in [1.807, 2.05) is 0 Å². The number of Topliss-reactive ketones (excluding diaryl/α,β-unsaturated/α-hetero) is 1. The molecule has 0 spiro atoms. The smallest absolute Gasteiger partial charge is 0.225 e. The first-order valence-electron chi connectivity index (χ1n) is 26.8. The van der Waals surface area contributed by atoms with Gasteiger partial charge in [0.2, 0.25) is 5.91 Å². The van der Waals surface area contributed by atoms with E-state index in [4.69, 9.17) is 72.2 Å². The fraction of sp³-hybridized carbons (Fsp3) is 0.959. The summed E-state index contributed by atoms with van der Waals surface area (Å²) in [6.45, 7) is 3.66.